The summed E-state index contributed by atoms with van der Waals surface area (Å²) in [6.45, 7) is 3.88. The van der Waals surface area contributed by atoms with Crippen LogP contribution in [0, 0.1) is 6.92 Å². The Morgan fingerprint density at radius 3 is 2.24 bits per heavy atom. The lowest BCUT2D eigenvalue weighted by molar-refractivity contribution is -0.140. The summed E-state index contributed by atoms with van der Waals surface area (Å²) in [6.07, 6.45) is 0. The van der Waals surface area contributed by atoms with Gasteiger partial charge in [-0.15, -0.1) is 0 Å². The second-order valence-electron chi connectivity index (χ2n) is 4.96. The van der Waals surface area contributed by atoms with E-state index < -0.39 is 5.92 Å². The molecule has 0 fully saturated rings. The predicted octanol–water partition coefficient (Wildman–Crippen LogP) is 4.04. The number of nitrogens with zero attached hydrogens (tertiary/aromatic N) is 1. The molecule has 0 spiro atoms. The van der Waals surface area contributed by atoms with E-state index in [1.165, 1.54) is 12.7 Å². The minimum absolute atomic E-state index is 0.297. The van der Waals surface area contributed by atoms with Crippen LogP contribution in [0.3, 0.4) is 0 Å². The van der Waals surface area contributed by atoms with Crippen molar-refractivity contribution in [1.29, 1.82) is 0 Å². The largest absolute Gasteiger partial charge is 0.468 e. The van der Waals surface area contributed by atoms with E-state index in [1.54, 1.807) is 0 Å². The van der Waals surface area contributed by atoms with Crippen LogP contribution in [0.5, 0.6) is 0 Å². The highest BCUT2D eigenvalue weighted by molar-refractivity contribution is 6.07. The number of esters is 1. The zero-order valence-electron chi connectivity index (χ0n) is 12.5. The van der Waals surface area contributed by atoms with Crippen LogP contribution < -0.4 is 0 Å². The van der Waals surface area contributed by atoms with Gasteiger partial charge < -0.3 is 4.74 Å². The van der Waals surface area contributed by atoms with E-state index in [4.69, 9.17) is 4.74 Å². The predicted molar refractivity (Wildman–Crippen MR) is 85.1 cm³/mol. The van der Waals surface area contributed by atoms with E-state index in [1.807, 2.05) is 68.4 Å². The third-order valence-electron chi connectivity index (χ3n) is 3.33. The van der Waals surface area contributed by atoms with E-state index in [-0.39, 0.29) is 5.97 Å². The molecule has 0 saturated heterocycles. The first-order valence-electron chi connectivity index (χ1n) is 6.86. The molecule has 0 bridgehead atoms. The van der Waals surface area contributed by atoms with E-state index >= 15 is 0 Å². The van der Waals surface area contributed by atoms with Gasteiger partial charge in [-0.2, -0.15) is 0 Å². The van der Waals surface area contributed by atoms with Gasteiger partial charge in [0, 0.05) is 5.71 Å². The topological polar surface area (TPSA) is 38.7 Å². The zero-order valence-corrected chi connectivity index (χ0v) is 12.5. The van der Waals surface area contributed by atoms with Crippen molar-refractivity contribution in [3.05, 3.63) is 65.7 Å². The van der Waals surface area contributed by atoms with Gasteiger partial charge >= 0.3 is 5.97 Å². The van der Waals surface area contributed by atoms with Gasteiger partial charge in [-0.3, -0.25) is 9.79 Å². The highest BCUT2D eigenvalue weighted by Crippen LogP contribution is 2.22. The standard InChI is InChI=1S/C18H19NO2/c1-13-9-11-16(12-10-13)19-14(2)17(18(20)21-3)15-7-5-4-6-8-15/h4-12,17H,1-3H3. The summed E-state index contributed by atoms with van der Waals surface area (Å²) in [5.74, 6) is -0.771. The molecule has 0 aromatic heterocycles. The van der Waals surface area contributed by atoms with Crippen LogP contribution in [0.4, 0.5) is 5.69 Å². The van der Waals surface area contributed by atoms with Crippen LogP contribution in [-0.4, -0.2) is 18.8 Å². The third-order valence-corrected chi connectivity index (χ3v) is 3.33. The number of benzene rings is 2. The van der Waals surface area contributed by atoms with Crippen LogP contribution in [-0.2, 0) is 9.53 Å². The summed E-state index contributed by atoms with van der Waals surface area (Å²) < 4.78 is 4.92. The lowest BCUT2D eigenvalue weighted by Crippen LogP contribution is -2.21. The number of rotatable bonds is 4. The van der Waals surface area contributed by atoms with Crippen molar-refractivity contribution < 1.29 is 9.53 Å². The van der Waals surface area contributed by atoms with Crippen molar-refractivity contribution in [3.8, 4) is 0 Å². The number of aryl methyl sites for hydroxylation is 1. The lowest BCUT2D eigenvalue weighted by Gasteiger charge is -2.15. The molecule has 2 aromatic rings. The van der Waals surface area contributed by atoms with Crippen LogP contribution >= 0.6 is 0 Å². The highest BCUT2D eigenvalue weighted by atomic mass is 16.5. The lowest BCUT2D eigenvalue weighted by atomic mass is 9.95. The Morgan fingerprint density at radius 1 is 1.05 bits per heavy atom. The van der Waals surface area contributed by atoms with Crippen LogP contribution in [0.1, 0.15) is 24.0 Å². The molecule has 3 nitrogen and oxygen atoms in total. The smallest absolute Gasteiger partial charge is 0.318 e. The molecule has 0 radical (unpaired) electrons. The molecule has 0 heterocycles. The van der Waals surface area contributed by atoms with Gasteiger partial charge in [0.1, 0.15) is 5.92 Å². The van der Waals surface area contributed by atoms with Gasteiger partial charge in [0.2, 0.25) is 0 Å². The van der Waals surface area contributed by atoms with Gasteiger partial charge in [-0.1, -0.05) is 48.0 Å². The van der Waals surface area contributed by atoms with Crippen LogP contribution in [0.25, 0.3) is 0 Å². The molecule has 0 saturated carbocycles. The maximum absolute atomic E-state index is 12.1. The second kappa shape index (κ2) is 6.84. The summed E-state index contributed by atoms with van der Waals surface area (Å²) >= 11 is 0. The number of methoxy groups -OCH3 is 1. The van der Waals surface area contributed by atoms with E-state index in [9.17, 15) is 4.79 Å². The van der Waals surface area contributed by atoms with E-state index in [2.05, 4.69) is 4.99 Å². The Labute approximate surface area is 125 Å². The molecule has 0 N–H and O–H groups in total. The molecule has 1 unspecified atom stereocenters. The maximum atomic E-state index is 12.1. The van der Waals surface area contributed by atoms with Crippen molar-refractivity contribution in [2.75, 3.05) is 7.11 Å². The number of hydrogen-bond acceptors (Lipinski definition) is 3. The summed E-state index contributed by atoms with van der Waals surface area (Å²) in [5, 5.41) is 0. The first-order valence-corrected chi connectivity index (χ1v) is 6.86. The molecular weight excluding hydrogens is 262 g/mol. The fourth-order valence-corrected chi connectivity index (χ4v) is 2.20. The molecule has 0 aliphatic rings. The summed E-state index contributed by atoms with van der Waals surface area (Å²) in [6, 6.07) is 17.4. The number of hydrogen-bond donors (Lipinski definition) is 0. The van der Waals surface area contributed by atoms with Crippen molar-refractivity contribution in [2.45, 2.75) is 19.8 Å². The van der Waals surface area contributed by atoms with Gasteiger partial charge in [0.15, 0.2) is 0 Å². The Morgan fingerprint density at radius 2 is 1.67 bits per heavy atom. The van der Waals surface area contributed by atoms with Crippen molar-refractivity contribution in [1.82, 2.24) is 0 Å². The number of carbonyl (C=O) groups excluding carboxylic acids is 1. The van der Waals surface area contributed by atoms with Gasteiger partial charge in [0.05, 0.1) is 12.8 Å². The fraction of sp³-hybridized carbons (Fsp3) is 0.222. The Kier molecular flexibility index (Phi) is 4.88. The Bertz CT molecular complexity index is 630. The van der Waals surface area contributed by atoms with Gasteiger partial charge in [-0.05, 0) is 31.5 Å². The molecule has 2 rings (SSSR count). The Hall–Kier alpha value is -2.42. The zero-order chi connectivity index (χ0) is 15.2. The van der Waals surface area contributed by atoms with Crippen molar-refractivity contribution in [2.24, 2.45) is 4.99 Å². The summed E-state index contributed by atoms with van der Waals surface area (Å²) in [7, 11) is 1.40. The number of ether oxygens (including phenoxy) is 1. The normalized spacial score (nSPS) is 12.8. The number of carbonyl (C=O) groups is 1. The van der Waals surface area contributed by atoms with Gasteiger partial charge in [0.25, 0.3) is 0 Å². The SMILES string of the molecule is COC(=O)C(C(C)=Nc1ccc(C)cc1)c1ccccc1. The van der Waals surface area contributed by atoms with Crippen LogP contribution in [0.2, 0.25) is 0 Å². The molecule has 0 aliphatic heterocycles. The van der Waals surface area contributed by atoms with Gasteiger partial charge in [-0.25, -0.2) is 0 Å². The second-order valence-corrected chi connectivity index (χ2v) is 4.96. The number of aliphatic imine (C=N–C) groups is 1. The molecular formula is C18H19NO2. The first-order chi connectivity index (χ1) is 10.1. The van der Waals surface area contributed by atoms with E-state index in [0.29, 0.717) is 0 Å². The average Bonchev–Trinajstić information content (AvgIpc) is 2.50. The monoisotopic (exact) mass is 281 g/mol. The minimum Gasteiger partial charge on any atom is -0.468 e. The molecule has 1 atom stereocenters. The molecule has 3 heteroatoms. The minimum atomic E-state index is -0.475. The van der Waals surface area contributed by atoms with E-state index in [0.717, 1.165) is 17.0 Å². The fourth-order valence-electron chi connectivity index (χ4n) is 2.20. The average molecular weight is 281 g/mol. The van der Waals surface area contributed by atoms with Crippen LogP contribution in [0.15, 0.2) is 59.6 Å². The summed E-state index contributed by atoms with van der Waals surface area (Å²) in [4.78, 5) is 16.7. The molecule has 108 valence electrons. The third kappa shape index (κ3) is 3.78. The van der Waals surface area contributed by atoms with Crippen molar-refractivity contribution >= 4 is 17.4 Å². The molecule has 2 aromatic carbocycles. The highest BCUT2D eigenvalue weighted by Gasteiger charge is 2.24. The van der Waals surface area contributed by atoms with Crippen molar-refractivity contribution in [3.63, 3.8) is 0 Å². The molecule has 0 amide bonds. The summed E-state index contributed by atoms with van der Waals surface area (Å²) in [5.41, 5.74) is 3.62. The molecule has 21 heavy (non-hydrogen) atoms. The molecule has 0 aliphatic carbocycles. The Balaban J connectivity index is 2.36. The first kappa shape index (κ1) is 15.0. The maximum Gasteiger partial charge on any atom is 0.318 e. The quantitative estimate of drug-likeness (QED) is 0.626.